The largest absolute Gasteiger partial charge is 0.390 e. The predicted octanol–water partition coefficient (Wildman–Crippen LogP) is 5.40. The maximum Gasteiger partial charge on any atom is 0.0650 e. The van der Waals surface area contributed by atoms with E-state index in [0.717, 1.165) is 25.7 Å². The second-order valence-electron chi connectivity index (χ2n) is 6.56. The van der Waals surface area contributed by atoms with Crippen LogP contribution in [-0.4, -0.2) is 10.7 Å². The van der Waals surface area contributed by atoms with Crippen molar-refractivity contribution in [3.63, 3.8) is 0 Å². The Balaban J connectivity index is 2.19. The summed E-state index contributed by atoms with van der Waals surface area (Å²) in [7, 11) is 0. The van der Waals surface area contributed by atoms with Gasteiger partial charge in [-0.05, 0) is 71.6 Å². The van der Waals surface area contributed by atoms with Crippen molar-refractivity contribution in [2.45, 2.75) is 84.7 Å². The van der Waals surface area contributed by atoms with Crippen molar-refractivity contribution in [3.8, 4) is 0 Å². The van der Waals surface area contributed by atoms with Gasteiger partial charge in [0.25, 0.3) is 0 Å². The van der Waals surface area contributed by atoms with Gasteiger partial charge in [0.05, 0.1) is 5.60 Å². The number of allylic oxidation sites excluding steroid dienone is 4. The van der Waals surface area contributed by atoms with Crippen LogP contribution in [0.25, 0.3) is 0 Å². The fourth-order valence-electron chi connectivity index (χ4n) is 2.66. The standard InChI is InChI=1S/C18H32O/c1-5-8-15(2)9-6-10-16(3)11-7-14-18(4,19)17-12-13-17/h9,11,17,19H,5-8,10,12-14H2,1-4H3. The highest BCUT2D eigenvalue weighted by atomic mass is 16.3. The Morgan fingerprint density at radius 2 is 1.68 bits per heavy atom. The molecule has 1 rings (SSSR count). The molecule has 1 fully saturated rings. The highest BCUT2D eigenvalue weighted by Crippen LogP contribution is 2.41. The highest BCUT2D eigenvalue weighted by molar-refractivity contribution is 5.04. The van der Waals surface area contributed by atoms with Crippen LogP contribution >= 0.6 is 0 Å². The molecule has 0 aliphatic heterocycles. The predicted molar refractivity (Wildman–Crippen MR) is 84.2 cm³/mol. The minimum Gasteiger partial charge on any atom is -0.390 e. The van der Waals surface area contributed by atoms with Crippen LogP contribution in [0.4, 0.5) is 0 Å². The molecule has 0 bridgehead atoms. The molecule has 1 nitrogen and oxygen atoms in total. The Morgan fingerprint density at radius 3 is 2.26 bits per heavy atom. The second kappa shape index (κ2) is 7.89. The molecule has 1 atom stereocenters. The summed E-state index contributed by atoms with van der Waals surface area (Å²) in [6.45, 7) is 8.68. The van der Waals surface area contributed by atoms with Gasteiger partial charge in [0.15, 0.2) is 0 Å². The summed E-state index contributed by atoms with van der Waals surface area (Å²) in [6, 6.07) is 0. The Labute approximate surface area is 119 Å². The molecule has 0 saturated heterocycles. The van der Waals surface area contributed by atoms with Crippen LogP contribution < -0.4 is 0 Å². The average Bonchev–Trinajstić information content (AvgIpc) is 3.13. The summed E-state index contributed by atoms with van der Waals surface area (Å²) in [4.78, 5) is 0. The Hall–Kier alpha value is -0.560. The lowest BCUT2D eigenvalue weighted by molar-refractivity contribution is 0.0290. The Bertz CT molecular complexity index is 319. The lowest BCUT2D eigenvalue weighted by atomic mass is 9.93. The van der Waals surface area contributed by atoms with Gasteiger partial charge in [0.2, 0.25) is 0 Å². The smallest absolute Gasteiger partial charge is 0.0650 e. The first-order valence-corrected chi connectivity index (χ1v) is 7.99. The minimum absolute atomic E-state index is 0.422. The summed E-state index contributed by atoms with van der Waals surface area (Å²) in [5, 5.41) is 10.2. The summed E-state index contributed by atoms with van der Waals surface area (Å²) >= 11 is 0. The number of hydrogen-bond donors (Lipinski definition) is 1. The van der Waals surface area contributed by atoms with Gasteiger partial charge in [-0.25, -0.2) is 0 Å². The van der Waals surface area contributed by atoms with Crippen LogP contribution in [0.3, 0.4) is 0 Å². The van der Waals surface area contributed by atoms with Crippen molar-refractivity contribution >= 4 is 0 Å². The van der Waals surface area contributed by atoms with Crippen molar-refractivity contribution in [3.05, 3.63) is 23.3 Å². The quantitative estimate of drug-likeness (QED) is 0.553. The van der Waals surface area contributed by atoms with E-state index >= 15 is 0 Å². The van der Waals surface area contributed by atoms with E-state index < -0.39 is 5.60 Å². The normalized spacial score (nSPS) is 20.5. The summed E-state index contributed by atoms with van der Waals surface area (Å²) in [5.74, 6) is 0.570. The van der Waals surface area contributed by atoms with E-state index in [4.69, 9.17) is 0 Å². The van der Waals surface area contributed by atoms with Crippen LogP contribution in [0.2, 0.25) is 0 Å². The van der Waals surface area contributed by atoms with Crippen molar-refractivity contribution in [2.75, 3.05) is 0 Å². The van der Waals surface area contributed by atoms with Gasteiger partial charge in [-0.2, -0.15) is 0 Å². The summed E-state index contributed by atoms with van der Waals surface area (Å²) < 4.78 is 0. The lowest BCUT2D eigenvalue weighted by Crippen LogP contribution is -2.26. The fraction of sp³-hybridized carbons (Fsp3) is 0.778. The molecule has 1 saturated carbocycles. The maximum absolute atomic E-state index is 10.2. The molecule has 0 radical (unpaired) electrons. The molecule has 0 spiro atoms. The second-order valence-corrected chi connectivity index (χ2v) is 6.56. The molecule has 110 valence electrons. The van der Waals surface area contributed by atoms with Gasteiger partial charge in [0, 0.05) is 0 Å². The van der Waals surface area contributed by atoms with Crippen LogP contribution in [-0.2, 0) is 0 Å². The van der Waals surface area contributed by atoms with E-state index in [-0.39, 0.29) is 0 Å². The maximum atomic E-state index is 10.2. The van der Waals surface area contributed by atoms with Gasteiger partial charge < -0.3 is 5.11 Å². The zero-order chi connectivity index (χ0) is 14.3. The van der Waals surface area contributed by atoms with E-state index in [9.17, 15) is 5.11 Å². The Morgan fingerprint density at radius 1 is 1.11 bits per heavy atom. The number of rotatable bonds is 9. The molecule has 0 aromatic carbocycles. The van der Waals surface area contributed by atoms with E-state index in [2.05, 4.69) is 32.9 Å². The molecular formula is C18H32O. The summed E-state index contributed by atoms with van der Waals surface area (Å²) in [6.07, 6.45) is 13.9. The van der Waals surface area contributed by atoms with Gasteiger partial charge in [0.1, 0.15) is 0 Å². The van der Waals surface area contributed by atoms with Crippen molar-refractivity contribution in [1.29, 1.82) is 0 Å². The molecule has 1 N–H and O–H groups in total. The van der Waals surface area contributed by atoms with Crippen LogP contribution in [0.1, 0.15) is 79.1 Å². The third-order valence-corrected chi connectivity index (χ3v) is 4.28. The van der Waals surface area contributed by atoms with E-state index in [1.54, 1.807) is 0 Å². The highest BCUT2D eigenvalue weighted by Gasteiger charge is 2.38. The van der Waals surface area contributed by atoms with Crippen LogP contribution in [0.5, 0.6) is 0 Å². The zero-order valence-corrected chi connectivity index (χ0v) is 13.3. The molecule has 1 aliphatic rings. The van der Waals surface area contributed by atoms with Gasteiger partial charge in [-0.3, -0.25) is 0 Å². The Kier molecular flexibility index (Phi) is 6.85. The molecule has 0 aromatic rings. The van der Waals surface area contributed by atoms with Crippen LogP contribution in [0.15, 0.2) is 23.3 Å². The number of aliphatic hydroxyl groups is 1. The van der Waals surface area contributed by atoms with Crippen molar-refractivity contribution < 1.29 is 5.11 Å². The first-order chi connectivity index (χ1) is 8.95. The average molecular weight is 264 g/mol. The summed E-state index contributed by atoms with van der Waals surface area (Å²) in [5.41, 5.74) is 2.56. The van der Waals surface area contributed by atoms with Crippen molar-refractivity contribution in [1.82, 2.24) is 0 Å². The molecule has 0 heterocycles. The molecule has 1 heteroatoms. The fourth-order valence-corrected chi connectivity index (χ4v) is 2.66. The molecule has 1 aliphatic carbocycles. The molecular weight excluding hydrogens is 232 g/mol. The topological polar surface area (TPSA) is 20.2 Å². The molecule has 19 heavy (non-hydrogen) atoms. The van der Waals surface area contributed by atoms with E-state index in [1.165, 1.54) is 36.8 Å². The third kappa shape index (κ3) is 6.96. The SMILES string of the molecule is CCCC(C)=CCCC(C)=CCCC(C)(O)C1CC1. The van der Waals surface area contributed by atoms with Gasteiger partial charge >= 0.3 is 0 Å². The third-order valence-electron chi connectivity index (χ3n) is 4.28. The first-order valence-electron chi connectivity index (χ1n) is 7.99. The van der Waals surface area contributed by atoms with Crippen molar-refractivity contribution in [2.24, 2.45) is 5.92 Å². The van der Waals surface area contributed by atoms with E-state index in [0.29, 0.717) is 5.92 Å². The molecule has 1 unspecified atom stereocenters. The van der Waals surface area contributed by atoms with Gasteiger partial charge in [-0.15, -0.1) is 0 Å². The molecule has 0 aromatic heterocycles. The zero-order valence-electron chi connectivity index (χ0n) is 13.3. The van der Waals surface area contributed by atoms with E-state index in [1.807, 2.05) is 6.92 Å². The van der Waals surface area contributed by atoms with Gasteiger partial charge in [-0.1, -0.05) is 36.6 Å². The molecule has 0 amide bonds. The monoisotopic (exact) mass is 264 g/mol. The van der Waals surface area contributed by atoms with Crippen LogP contribution in [0, 0.1) is 5.92 Å². The first kappa shape index (κ1) is 16.5. The number of hydrogen-bond acceptors (Lipinski definition) is 1. The lowest BCUT2D eigenvalue weighted by Gasteiger charge is -2.22. The minimum atomic E-state index is -0.422.